The number of nitrogens with zero attached hydrogens (tertiary/aromatic N) is 1. The Balaban J connectivity index is 2.58. The van der Waals surface area contributed by atoms with Crippen molar-refractivity contribution in [3.05, 3.63) is 70.7 Å². The van der Waals surface area contributed by atoms with Gasteiger partial charge in [-0.1, -0.05) is 77.3 Å². The minimum atomic E-state index is -3.84. The lowest BCUT2D eigenvalue weighted by molar-refractivity contribution is 0.216. The Morgan fingerprint density at radius 1 is 1.12 bits per heavy atom. The third-order valence-corrected chi connectivity index (χ3v) is 5.00. The molecule has 0 N–H and O–H groups in total. The van der Waals surface area contributed by atoms with Crippen molar-refractivity contribution in [1.82, 2.24) is 0 Å². The molecule has 140 valence electrons. The van der Waals surface area contributed by atoms with E-state index in [1.165, 1.54) is 0 Å². The molecular formula is C18H18Cl3NO3S. The van der Waals surface area contributed by atoms with Gasteiger partial charge in [0.05, 0.1) is 12.0 Å². The predicted molar refractivity (Wildman–Crippen MR) is 108 cm³/mol. The second-order valence-corrected chi connectivity index (χ2v) is 8.97. The fourth-order valence-electron chi connectivity index (χ4n) is 2.41. The summed E-state index contributed by atoms with van der Waals surface area (Å²) in [6.07, 6.45) is -0.228. The summed E-state index contributed by atoms with van der Waals surface area (Å²) in [5, 5.41) is 0.548. The highest BCUT2D eigenvalue weighted by molar-refractivity contribution is 7.86. The standard InChI is InChI=1S/C18H18Cl3NO3S/c1-3-22-16(13-9-11-15(19)12-10-13)18(20,21)17(25-26(2,23)24)14-7-5-4-6-8-14/h4-12,17H,3H2,1-2H3. The van der Waals surface area contributed by atoms with E-state index in [9.17, 15) is 8.42 Å². The maximum absolute atomic E-state index is 11.8. The molecule has 1 atom stereocenters. The Morgan fingerprint density at radius 2 is 1.69 bits per heavy atom. The number of halogens is 3. The van der Waals surface area contributed by atoms with Gasteiger partial charge in [-0.15, -0.1) is 0 Å². The van der Waals surface area contributed by atoms with Crippen LogP contribution in [-0.4, -0.2) is 31.3 Å². The summed E-state index contributed by atoms with van der Waals surface area (Å²) in [6, 6.07) is 15.5. The van der Waals surface area contributed by atoms with E-state index in [0.717, 1.165) is 6.26 Å². The summed E-state index contributed by atoms with van der Waals surface area (Å²) < 4.78 is 27.2. The minimum absolute atomic E-state index is 0.303. The molecule has 0 saturated carbocycles. The molecule has 4 nitrogen and oxygen atoms in total. The lowest BCUT2D eigenvalue weighted by Gasteiger charge is -2.31. The van der Waals surface area contributed by atoms with Crippen molar-refractivity contribution in [2.24, 2.45) is 4.99 Å². The molecule has 0 aliphatic carbocycles. The molecule has 0 amide bonds. The molecule has 0 spiro atoms. The van der Waals surface area contributed by atoms with Crippen LogP contribution in [0, 0.1) is 0 Å². The monoisotopic (exact) mass is 433 g/mol. The Labute approximate surface area is 168 Å². The third-order valence-electron chi connectivity index (χ3n) is 3.45. The van der Waals surface area contributed by atoms with Crippen LogP contribution in [-0.2, 0) is 14.3 Å². The van der Waals surface area contributed by atoms with Crippen LogP contribution in [0.25, 0.3) is 0 Å². The van der Waals surface area contributed by atoms with Gasteiger partial charge in [-0.25, -0.2) is 0 Å². The molecule has 2 aromatic rings. The summed E-state index contributed by atoms with van der Waals surface area (Å²) >= 11 is 19.3. The number of aliphatic imine (C=N–C) groups is 1. The van der Waals surface area contributed by atoms with Gasteiger partial charge in [-0.2, -0.15) is 8.42 Å². The van der Waals surface area contributed by atoms with Gasteiger partial charge in [0, 0.05) is 11.6 Å². The highest BCUT2D eigenvalue weighted by atomic mass is 35.5. The molecule has 2 aromatic carbocycles. The van der Waals surface area contributed by atoms with Crippen LogP contribution >= 0.6 is 34.8 Å². The molecular weight excluding hydrogens is 417 g/mol. The zero-order chi connectivity index (χ0) is 19.4. The van der Waals surface area contributed by atoms with Crippen LogP contribution in [0.15, 0.2) is 59.6 Å². The molecule has 2 rings (SSSR count). The van der Waals surface area contributed by atoms with E-state index in [2.05, 4.69) is 4.99 Å². The number of hydrogen-bond donors (Lipinski definition) is 0. The van der Waals surface area contributed by atoms with Crippen molar-refractivity contribution in [3.8, 4) is 0 Å². The van der Waals surface area contributed by atoms with Gasteiger partial charge in [-0.05, 0) is 30.2 Å². The third kappa shape index (κ3) is 5.44. The lowest BCUT2D eigenvalue weighted by atomic mass is 9.98. The fraction of sp³-hybridized carbons (Fsp3) is 0.278. The zero-order valence-corrected chi connectivity index (χ0v) is 17.3. The molecule has 0 aliphatic rings. The Kier molecular flexibility index (Phi) is 7.11. The summed E-state index contributed by atoms with van der Waals surface area (Å²) in [6.45, 7) is 2.23. The molecule has 0 saturated heterocycles. The van der Waals surface area contributed by atoms with Crippen LogP contribution < -0.4 is 0 Å². The quantitative estimate of drug-likeness (QED) is 0.348. The van der Waals surface area contributed by atoms with Crippen LogP contribution in [0.3, 0.4) is 0 Å². The molecule has 26 heavy (non-hydrogen) atoms. The number of alkyl halides is 2. The van der Waals surface area contributed by atoms with Crippen LogP contribution in [0.5, 0.6) is 0 Å². The molecule has 0 radical (unpaired) electrons. The summed E-state index contributed by atoms with van der Waals surface area (Å²) in [5.41, 5.74) is 1.44. The largest absolute Gasteiger partial charge is 0.286 e. The molecule has 8 heteroatoms. The van der Waals surface area contributed by atoms with Crippen LogP contribution in [0.1, 0.15) is 24.2 Å². The van der Waals surface area contributed by atoms with Gasteiger partial charge in [0.1, 0.15) is 6.10 Å². The van der Waals surface area contributed by atoms with Crippen molar-refractivity contribution in [2.45, 2.75) is 17.4 Å². The van der Waals surface area contributed by atoms with Crippen molar-refractivity contribution in [2.75, 3.05) is 12.8 Å². The SMILES string of the molecule is CCN=C(c1ccc(Cl)cc1)C(Cl)(Cl)C(OS(C)(=O)=O)c1ccccc1. The number of hydrogen-bond acceptors (Lipinski definition) is 4. The van der Waals surface area contributed by atoms with E-state index in [1.807, 2.05) is 6.92 Å². The first-order chi connectivity index (χ1) is 12.1. The van der Waals surface area contributed by atoms with Crippen LogP contribution in [0.2, 0.25) is 5.02 Å². The molecule has 0 fully saturated rings. The zero-order valence-electron chi connectivity index (χ0n) is 14.2. The summed E-state index contributed by atoms with van der Waals surface area (Å²) in [4.78, 5) is 4.41. The highest BCUT2D eigenvalue weighted by Gasteiger charge is 2.44. The fourth-order valence-corrected chi connectivity index (χ4v) is 3.92. The first-order valence-corrected chi connectivity index (χ1v) is 10.7. The van der Waals surface area contributed by atoms with E-state index in [0.29, 0.717) is 28.4 Å². The lowest BCUT2D eigenvalue weighted by Crippen LogP contribution is -2.37. The Morgan fingerprint density at radius 3 is 2.19 bits per heavy atom. The second-order valence-electron chi connectivity index (χ2n) is 5.54. The van der Waals surface area contributed by atoms with Gasteiger partial charge >= 0.3 is 0 Å². The minimum Gasteiger partial charge on any atom is -0.286 e. The number of benzene rings is 2. The van der Waals surface area contributed by atoms with Crippen molar-refractivity contribution >= 4 is 50.6 Å². The second kappa shape index (κ2) is 8.72. The van der Waals surface area contributed by atoms with E-state index < -0.39 is 20.6 Å². The van der Waals surface area contributed by atoms with E-state index >= 15 is 0 Å². The van der Waals surface area contributed by atoms with Gasteiger partial charge in [-0.3, -0.25) is 9.18 Å². The maximum atomic E-state index is 11.8. The van der Waals surface area contributed by atoms with Crippen LogP contribution in [0.4, 0.5) is 0 Å². The molecule has 0 aromatic heterocycles. The first kappa shape index (κ1) is 21.2. The van der Waals surface area contributed by atoms with E-state index in [1.54, 1.807) is 54.6 Å². The first-order valence-electron chi connectivity index (χ1n) is 7.77. The van der Waals surface area contributed by atoms with E-state index in [-0.39, 0.29) is 0 Å². The van der Waals surface area contributed by atoms with Gasteiger partial charge < -0.3 is 0 Å². The molecule has 0 heterocycles. The molecule has 1 unspecified atom stereocenters. The maximum Gasteiger partial charge on any atom is 0.265 e. The summed E-state index contributed by atoms with van der Waals surface area (Å²) in [7, 11) is -3.84. The van der Waals surface area contributed by atoms with E-state index in [4.69, 9.17) is 39.0 Å². The van der Waals surface area contributed by atoms with Gasteiger partial charge in [0.25, 0.3) is 10.1 Å². The van der Waals surface area contributed by atoms with Crippen molar-refractivity contribution < 1.29 is 12.6 Å². The average Bonchev–Trinajstić information content (AvgIpc) is 2.58. The smallest absolute Gasteiger partial charge is 0.265 e. The predicted octanol–water partition coefficient (Wildman–Crippen LogP) is 5.04. The average molecular weight is 435 g/mol. The van der Waals surface area contributed by atoms with Crippen molar-refractivity contribution in [1.29, 1.82) is 0 Å². The summed E-state index contributed by atoms with van der Waals surface area (Å²) in [5.74, 6) is 0. The normalized spacial score (nSPS) is 14.3. The highest BCUT2D eigenvalue weighted by Crippen LogP contribution is 2.43. The van der Waals surface area contributed by atoms with Crippen molar-refractivity contribution in [3.63, 3.8) is 0 Å². The number of rotatable bonds is 7. The topological polar surface area (TPSA) is 55.7 Å². The van der Waals surface area contributed by atoms with Gasteiger partial charge in [0.15, 0.2) is 4.33 Å². The Hall–Kier alpha value is -1.11. The molecule has 0 aliphatic heterocycles. The Bertz CT molecular complexity index is 866. The van der Waals surface area contributed by atoms with Gasteiger partial charge in [0.2, 0.25) is 0 Å². The molecule has 0 bridgehead atoms.